The highest BCUT2D eigenvalue weighted by molar-refractivity contribution is 5.56. The van der Waals surface area contributed by atoms with Crippen LogP contribution in [0, 0.1) is 6.92 Å². The van der Waals surface area contributed by atoms with Gasteiger partial charge in [0.25, 0.3) is 5.56 Å². The first-order valence-corrected chi connectivity index (χ1v) is 5.69. The van der Waals surface area contributed by atoms with Crippen LogP contribution in [-0.4, -0.2) is 19.9 Å². The highest BCUT2D eigenvalue weighted by Crippen LogP contribution is 2.17. The monoisotopic (exact) mass is 254 g/mol. The van der Waals surface area contributed by atoms with Crippen molar-refractivity contribution in [2.24, 2.45) is 0 Å². The average molecular weight is 254 g/mol. The molecule has 0 amide bonds. The van der Waals surface area contributed by atoms with Crippen LogP contribution in [0.3, 0.4) is 0 Å². The van der Waals surface area contributed by atoms with E-state index in [4.69, 9.17) is 4.52 Å². The Balaban J connectivity index is 2.00. The number of aryl methyl sites for hydroxylation is 1. The Morgan fingerprint density at radius 3 is 2.58 bits per heavy atom. The van der Waals surface area contributed by atoms with Crippen LogP contribution in [0.5, 0.6) is 0 Å². The number of hydrogen-bond acceptors (Lipinski definition) is 5. The molecule has 19 heavy (non-hydrogen) atoms. The number of aromatic nitrogens is 4. The minimum absolute atomic E-state index is 0.175. The molecule has 0 saturated heterocycles. The Morgan fingerprint density at radius 1 is 1.16 bits per heavy atom. The van der Waals surface area contributed by atoms with Crippen LogP contribution in [0.1, 0.15) is 5.89 Å². The van der Waals surface area contributed by atoms with Crippen LogP contribution >= 0.6 is 0 Å². The van der Waals surface area contributed by atoms with E-state index in [-0.39, 0.29) is 5.56 Å². The molecule has 1 aromatic carbocycles. The van der Waals surface area contributed by atoms with Gasteiger partial charge in [-0.3, -0.25) is 4.79 Å². The first-order valence-electron chi connectivity index (χ1n) is 5.69. The van der Waals surface area contributed by atoms with Gasteiger partial charge >= 0.3 is 0 Å². The van der Waals surface area contributed by atoms with Crippen molar-refractivity contribution in [1.29, 1.82) is 0 Å². The van der Waals surface area contributed by atoms with Crippen molar-refractivity contribution in [2.75, 3.05) is 0 Å². The fraction of sp³-hybridized carbons (Fsp3) is 0.0769. The Labute approximate surface area is 108 Å². The number of rotatable bonds is 2. The summed E-state index contributed by atoms with van der Waals surface area (Å²) in [6.45, 7) is 1.73. The smallest absolute Gasteiger partial charge is 0.271 e. The third-order valence-electron chi connectivity index (χ3n) is 2.61. The van der Waals surface area contributed by atoms with E-state index in [0.29, 0.717) is 17.4 Å². The largest absolute Gasteiger partial charge is 0.339 e. The van der Waals surface area contributed by atoms with Crippen LogP contribution in [0.2, 0.25) is 0 Å². The van der Waals surface area contributed by atoms with Gasteiger partial charge in [-0.2, -0.15) is 14.8 Å². The third-order valence-corrected chi connectivity index (χ3v) is 2.61. The highest BCUT2D eigenvalue weighted by atomic mass is 16.5. The summed E-state index contributed by atoms with van der Waals surface area (Å²) in [5, 5.41) is 7.85. The van der Waals surface area contributed by atoms with Crippen LogP contribution in [0.4, 0.5) is 0 Å². The standard InChI is InChI=1S/C13H10N4O2/c1-9-15-13(16-19-9)10-4-6-11(7-5-10)17-12(18)3-2-8-14-17/h2-8H,1H3. The van der Waals surface area contributed by atoms with E-state index in [1.165, 1.54) is 10.7 Å². The van der Waals surface area contributed by atoms with Crippen LogP contribution in [0.25, 0.3) is 17.1 Å². The van der Waals surface area contributed by atoms with E-state index < -0.39 is 0 Å². The lowest BCUT2D eigenvalue weighted by atomic mass is 10.2. The van der Waals surface area contributed by atoms with E-state index in [1.54, 1.807) is 31.3 Å². The minimum Gasteiger partial charge on any atom is -0.339 e. The van der Waals surface area contributed by atoms with Crippen molar-refractivity contribution in [3.63, 3.8) is 0 Å². The second-order valence-corrected chi connectivity index (χ2v) is 3.96. The summed E-state index contributed by atoms with van der Waals surface area (Å²) < 4.78 is 6.25. The zero-order chi connectivity index (χ0) is 13.2. The fourth-order valence-electron chi connectivity index (χ4n) is 1.72. The lowest BCUT2D eigenvalue weighted by Crippen LogP contribution is -2.18. The van der Waals surface area contributed by atoms with Gasteiger partial charge in [0.05, 0.1) is 5.69 Å². The molecule has 0 aliphatic rings. The van der Waals surface area contributed by atoms with E-state index >= 15 is 0 Å². The lowest BCUT2D eigenvalue weighted by Gasteiger charge is -2.03. The Morgan fingerprint density at radius 2 is 1.95 bits per heavy atom. The van der Waals surface area contributed by atoms with Crippen molar-refractivity contribution in [1.82, 2.24) is 19.9 Å². The summed E-state index contributed by atoms with van der Waals surface area (Å²) >= 11 is 0. The normalized spacial score (nSPS) is 10.6. The zero-order valence-electron chi connectivity index (χ0n) is 10.1. The number of nitrogens with zero attached hydrogens (tertiary/aromatic N) is 4. The van der Waals surface area contributed by atoms with Gasteiger partial charge in [-0.15, -0.1) is 0 Å². The van der Waals surface area contributed by atoms with E-state index in [9.17, 15) is 4.79 Å². The van der Waals surface area contributed by atoms with Gasteiger partial charge in [0, 0.05) is 24.8 Å². The van der Waals surface area contributed by atoms with Crippen molar-refractivity contribution >= 4 is 0 Å². The second kappa shape index (κ2) is 4.49. The maximum absolute atomic E-state index is 11.6. The van der Waals surface area contributed by atoms with E-state index in [1.807, 2.05) is 12.1 Å². The summed E-state index contributed by atoms with van der Waals surface area (Å²) in [4.78, 5) is 15.8. The maximum Gasteiger partial charge on any atom is 0.271 e. The molecule has 0 bridgehead atoms. The molecule has 0 spiro atoms. The SMILES string of the molecule is Cc1nc(-c2ccc(-n3ncccc3=O)cc2)no1. The molecule has 2 aromatic heterocycles. The highest BCUT2D eigenvalue weighted by Gasteiger charge is 2.06. The predicted molar refractivity (Wildman–Crippen MR) is 67.9 cm³/mol. The van der Waals surface area contributed by atoms with Crippen LogP contribution in [-0.2, 0) is 0 Å². The maximum atomic E-state index is 11.6. The quantitative estimate of drug-likeness (QED) is 0.694. The first kappa shape index (κ1) is 11.3. The van der Waals surface area contributed by atoms with E-state index in [2.05, 4.69) is 15.2 Å². The van der Waals surface area contributed by atoms with Gasteiger partial charge < -0.3 is 4.52 Å². The molecule has 0 saturated carbocycles. The van der Waals surface area contributed by atoms with Gasteiger partial charge in [0.2, 0.25) is 11.7 Å². The number of benzene rings is 1. The van der Waals surface area contributed by atoms with Gasteiger partial charge in [-0.1, -0.05) is 5.16 Å². The molecular formula is C13H10N4O2. The molecule has 6 nitrogen and oxygen atoms in total. The molecule has 3 rings (SSSR count). The Bertz CT molecular complexity index is 759. The molecule has 0 unspecified atom stereocenters. The van der Waals surface area contributed by atoms with Gasteiger partial charge in [-0.25, -0.2) is 0 Å². The molecule has 6 heteroatoms. The summed E-state index contributed by atoms with van der Waals surface area (Å²) in [7, 11) is 0. The third kappa shape index (κ3) is 2.15. The molecule has 3 aromatic rings. The fourth-order valence-corrected chi connectivity index (χ4v) is 1.72. The average Bonchev–Trinajstić information content (AvgIpc) is 2.86. The Hall–Kier alpha value is -2.76. The summed E-state index contributed by atoms with van der Waals surface area (Å²) in [6.07, 6.45) is 1.57. The topological polar surface area (TPSA) is 73.8 Å². The second-order valence-electron chi connectivity index (χ2n) is 3.96. The number of hydrogen-bond donors (Lipinski definition) is 0. The zero-order valence-corrected chi connectivity index (χ0v) is 10.1. The summed E-state index contributed by atoms with van der Waals surface area (Å²) in [5.74, 6) is 1.04. The van der Waals surface area contributed by atoms with Crippen LogP contribution < -0.4 is 5.56 Å². The van der Waals surface area contributed by atoms with Gasteiger partial charge in [-0.05, 0) is 30.3 Å². The molecule has 0 atom stereocenters. The molecule has 0 aliphatic carbocycles. The molecule has 0 aliphatic heterocycles. The molecule has 94 valence electrons. The predicted octanol–water partition coefficient (Wildman–Crippen LogP) is 1.59. The van der Waals surface area contributed by atoms with Crippen molar-refractivity contribution < 1.29 is 4.52 Å². The lowest BCUT2D eigenvalue weighted by molar-refractivity contribution is 0.394. The first-order chi connectivity index (χ1) is 9.24. The molecular weight excluding hydrogens is 244 g/mol. The van der Waals surface area contributed by atoms with E-state index in [0.717, 1.165) is 5.56 Å². The Kier molecular flexibility index (Phi) is 2.68. The van der Waals surface area contributed by atoms with Crippen molar-refractivity contribution in [3.05, 3.63) is 58.8 Å². The van der Waals surface area contributed by atoms with Crippen molar-refractivity contribution in [3.8, 4) is 17.1 Å². The molecule has 0 radical (unpaired) electrons. The molecule has 0 fully saturated rings. The van der Waals surface area contributed by atoms with Crippen molar-refractivity contribution in [2.45, 2.75) is 6.92 Å². The summed E-state index contributed by atoms with van der Waals surface area (Å²) in [5.41, 5.74) is 1.34. The van der Waals surface area contributed by atoms with Gasteiger partial charge in [0.15, 0.2) is 0 Å². The summed E-state index contributed by atoms with van der Waals surface area (Å²) in [6, 6.07) is 10.3. The molecule has 2 heterocycles. The van der Waals surface area contributed by atoms with Crippen LogP contribution in [0.15, 0.2) is 51.9 Å². The molecule has 0 N–H and O–H groups in total. The van der Waals surface area contributed by atoms with Gasteiger partial charge in [0.1, 0.15) is 0 Å². The minimum atomic E-state index is -0.175.